The quantitative estimate of drug-likeness (QED) is 0.816. The third-order valence-electron chi connectivity index (χ3n) is 3.61. The van der Waals surface area contributed by atoms with Gasteiger partial charge in [-0.15, -0.1) is 0 Å². The molecule has 0 radical (unpaired) electrons. The van der Waals surface area contributed by atoms with Crippen LogP contribution < -0.4 is 10.6 Å². The summed E-state index contributed by atoms with van der Waals surface area (Å²) in [6, 6.07) is 16.6. The number of nitrogens with one attached hydrogen (secondary N) is 2. The van der Waals surface area contributed by atoms with E-state index in [4.69, 9.17) is 0 Å². The highest BCUT2D eigenvalue weighted by Gasteiger charge is 2.29. The Bertz CT molecular complexity index is 772. The Morgan fingerprint density at radius 1 is 1.00 bits per heavy atom. The Morgan fingerprint density at radius 3 is 2.43 bits per heavy atom. The van der Waals surface area contributed by atoms with E-state index in [1.165, 1.54) is 0 Å². The standard InChI is InChI=1S/C18H15BrN2O2/c19-14-9-5-4-8-13(14)11-16-18(23)20-15(17(22)21-16)10-12-6-2-1-3-7-12/h1-9,11,15H,10H2,(H,20,23)(H,21,22). The maximum absolute atomic E-state index is 12.3. The molecule has 0 aliphatic carbocycles. The van der Waals surface area contributed by atoms with Crippen LogP contribution in [0.3, 0.4) is 0 Å². The molecule has 0 spiro atoms. The van der Waals surface area contributed by atoms with Gasteiger partial charge >= 0.3 is 0 Å². The molecule has 1 heterocycles. The minimum Gasteiger partial charge on any atom is -0.339 e. The molecular formula is C18H15BrN2O2. The summed E-state index contributed by atoms with van der Waals surface area (Å²) >= 11 is 3.43. The first-order valence-corrected chi connectivity index (χ1v) is 8.04. The number of piperazine rings is 1. The van der Waals surface area contributed by atoms with Gasteiger partial charge in [0.1, 0.15) is 11.7 Å². The van der Waals surface area contributed by atoms with Gasteiger partial charge in [0.15, 0.2) is 0 Å². The molecule has 1 saturated heterocycles. The average molecular weight is 371 g/mol. The van der Waals surface area contributed by atoms with Crippen molar-refractivity contribution in [1.29, 1.82) is 0 Å². The zero-order valence-corrected chi connectivity index (χ0v) is 13.8. The van der Waals surface area contributed by atoms with E-state index in [0.717, 1.165) is 15.6 Å². The number of carbonyl (C=O) groups excluding carboxylic acids is 2. The van der Waals surface area contributed by atoms with E-state index < -0.39 is 6.04 Å². The zero-order valence-electron chi connectivity index (χ0n) is 12.3. The van der Waals surface area contributed by atoms with Gasteiger partial charge in [0, 0.05) is 10.9 Å². The molecule has 116 valence electrons. The van der Waals surface area contributed by atoms with Gasteiger partial charge in [0.05, 0.1) is 0 Å². The van der Waals surface area contributed by atoms with Crippen molar-refractivity contribution in [3.8, 4) is 0 Å². The normalized spacial score (nSPS) is 19.3. The number of benzene rings is 2. The van der Waals surface area contributed by atoms with Gasteiger partial charge in [-0.25, -0.2) is 0 Å². The summed E-state index contributed by atoms with van der Waals surface area (Å²) in [6.45, 7) is 0. The van der Waals surface area contributed by atoms with Crippen molar-refractivity contribution in [2.45, 2.75) is 12.5 Å². The van der Waals surface area contributed by atoms with Gasteiger partial charge in [-0.1, -0.05) is 64.5 Å². The first kappa shape index (κ1) is 15.5. The fourth-order valence-corrected chi connectivity index (χ4v) is 2.82. The topological polar surface area (TPSA) is 58.2 Å². The lowest BCUT2D eigenvalue weighted by molar-refractivity contribution is -0.131. The smallest absolute Gasteiger partial charge is 0.268 e. The van der Waals surface area contributed by atoms with Crippen molar-refractivity contribution in [3.05, 3.63) is 75.9 Å². The monoisotopic (exact) mass is 370 g/mol. The highest BCUT2D eigenvalue weighted by Crippen LogP contribution is 2.19. The van der Waals surface area contributed by atoms with E-state index >= 15 is 0 Å². The van der Waals surface area contributed by atoms with Crippen LogP contribution in [0.1, 0.15) is 11.1 Å². The molecule has 1 aliphatic heterocycles. The highest BCUT2D eigenvalue weighted by molar-refractivity contribution is 9.10. The van der Waals surface area contributed by atoms with Crippen molar-refractivity contribution in [2.24, 2.45) is 0 Å². The molecule has 0 saturated carbocycles. The molecule has 0 aromatic heterocycles. The van der Waals surface area contributed by atoms with Gasteiger partial charge in [0.25, 0.3) is 5.91 Å². The van der Waals surface area contributed by atoms with E-state index in [0.29, 0.717) is 6.42 Å². The van der Waals surface area contributed by atoms with Crippen LogP contribution in [0.15, 0.2) is 64.8 Å². The summed E-state index contributed by atoms with van der Waals surface area (Å²) in [5, 5.41) is 5.47. The van der Waals surface area contributed by atoms with Crippen molar-refractivity contribution >= 4 is 33.8 Å². The average Bonchev–Trinajstić information content (AvgIpc) is 2.55. The van der Waals surface area contributed by atoms with E-state index in [1.54, 1.807) is 6.08 Å². The van der Waals surface area contributed by atoms with Crippen LogP contribution in [0.2, 0.25) is 0 Å². The molecule has 5 heteroatoms. The Hall–Kier alpha value is -2.40. The van der Waals surface area contributed by atoms with Gasteiger partial charge < -0.3 is 10.6 Å². The molecule has 0 bridgehead atoms. The molecule has 4 nitrogen and oxygen atoms in total. The molecule has 2 amide bonds. The number of halogens is 1. The fraction of sp³-hybridized carbons (Fsp3) is 0.111. The van der Waals surface area contributed by atoms with Crippen LogP contribution in [-0.4, -0.2) is 17.9 Å². The second-order valence-corrected chi connectivity index (χ2v) is 6.14. The van der Waals surface area contributed by atoms with Crippen molar-refractivity contribution in [2.75, 3.05) is 0 Å². The second kappa shape index (κ2) is 6.79. The Balaban J connectivity index is 1.76. The van der Waals surface area contributed by atoms with Gasteiger partial charge in [-0.05, 0) is 23.3 Å². The molecule has 2 N–H and O–H groups in total. The summed E-state index contributed by atoms with van der Waals surface area (Å²) in [7, 11) is 0. The van der Waals surface area contributed by atoms with Crippen LogP contribution >= 0.6 is 15.9 Å². The number of carbonyl (C=O) groups is 2. The van der Waals surface area contributed by atoms with E-state index in [2.05, 4.69) is 26.6 Å². The van der Waals surface area contributed by atoms with Crippen molar-refractivity contribution in [1.82, 2.24) is 10.6 Å². The Morgan fingerprint density at radius 2 is 1.70 bits per heavy atom. The molecule has 1 unspecified atom stereocenters. The van der Waals surface area contributed by atoms with E-state index in [9.17, 15) is 9.59 Å². The van der Waals surface area contributed by atoms with E-state index in [1.807, 2.05) is 54.6 Å². The molecule has 3 rings (SSSR count). The largest absolute Gasteiger partial charge is 0.339 e. The summed E-state index contributed by atoms with van der Waals surface area (Å²) in [4.78, 5) is 24.5. The van der Waals surface area contributed by atoms with Gasteiger partial charge in [-0.2, -0.15) is 0 Å². The first-order valence-electron chi connectivity index (χ1n) is 7.25. The second-order valence-electron chi connectivity index (χ2n) is 5.28. The SMILES string of the molecule is O=C1NC(Cc2ccccc2)C(=O)NC1=Cc1ccccc1Br. The maximum Gasteiger partial charge on any atom is 0.268 e. The van der Waals surface area contributed by atoms with Crippen LogP contribution in [-0.2, 0) is 16.0 Å². The molecule has 2 aromatic carbocycles. The summed E-state index contributed by atoms with van der Waals surface area (Å²) in [6.07, 6.45) is 2.14. The minimum atomic E-state index is -0.554. The lowest BCUT2D eigenvalue weighted by Crippen LogP contribution is -2.55. The third kappa shape index (κ3) is 3.68. The summed E-state index contributed by atoms with van der Waals surface area (Å²) in [5.74, 6) is -0.479. The fourth-order valence-electron chi connectivity index (χ4n) is 2.42. The lowest BCUT2D eigenvalue weighted by atomic mass is 10.0. The lowest BCUT2D eigenvalue weighted by Gasteiger charge is -2.25. The Kier molecular flexibility index (Phi) is 4.57. The van der Waals surface area contributed by atoms with E-state index in [-0.39, 0.29) is 17.5 Å². The van der Waals surface area contributed by atoms with Crippen molar-refractivity contribution < 1.29 is 9.59 Å². The molecule has 2 aromatic rings. The zero-order chi connectivity index (χ0) is 16.2. The first-order chi connectivity index (χ1) is 11.1. The summed E-state index contributed by atoms with van der Waals surface area (Å²) < 4.78 is 0.862. The predicted molar refractivity (Wildman–Crippen MR) is 92.3 cm³/mol. The van der Waals surface area contributed by atoms with Crippen LogP contribution in [0, 0.1) is 0 Å². The van der Waals surface area contributed by atoms with Gasteiger partial charge in [-0.3, -0.25) is 9.59 Å². The predicted octanol–water partition coefficient (Wildman–Crippen LogP) is 2.65. The maximum atomic E-state index is 12.3. The molecule has 1 aliphatic rings. The highest BCUT2D eigenvalue weighted by atomic mass is 79.9. The number of hydrogen-bond acceptors (Lipinski definition) is 2. The van der Waals surface area contributed by atoms with Crippen LogP contribution in [0.25, 0.3) is 6.08 Å². The van der Waals surface area contributed by atoms with Crippen LogP contribution in [0.4, 0.5) is 0 Å². The molecule has 23 heavy (non-hydrogen) atoms. The molecule has 1 atom stereocenters. The molecular weight excluding hydrogens is 356 g/mol. The Labute approximate surface area is 142 Å². The van der Waals surface area contributed by atoms with Crippen molar-refractivity contribution in [3.63, 3.8) is 0 Å². The number of amides is 2. The minimum absolute atomic E-state index is 0.202. The van der Waals surface area contributed by atoms with Crippen LogP contribution in [0.5, 0.6) is 0 Å². The third-order valence-corrected chi connectivity index (χ3v) is 4.33. The number of hydrogen-bond donors (Lipinski definition) is 2. The van der Waals surface area contributed by atoms with Gasteiger partial charge in [0.2, 0.25) is 5.91 Å². The molecule has 1 fully saturated rings. The number of rotatable bonds is 3. The summed E-state index contributed by atoms with van der Waals surface area (Å²) in [5.41, 5.74) is 2.09.